The van der Waals surface area contributed by atoms with Crippen molar-refractivity contribution in [3.63, 3.8) is 0 Å². The fourth-order valence-corrected chi connectivity index (χ4v) is 4.75. The van der Waals surface area contributed by atoms with Crippen LogP contribution >= 0.6 is 0 Å². The molecule has 2 aromatic carbocycles. The van der Waals surface area contributed by atoms with Crippen LogP contribution in [-0.4, -0.2) is 43.8 Å². The van der Waals surface area contributed by atoms with E-state index in [4.69, 9.17) is 4.55 Å². The van der Waals surface area contributed by atoms with Gasteiger partial charge in [-0.25, -0.2) is 4.39 Å². The predicted molar refractivity (Wildman–Crippen MR) is 110 cm³/mol. The lowest BCUT2D eigenvalue weighted by Crippen LogP contribution is -2.32. The normalized spacial score (nSPS) is 23.5. The second-order valence-electron chi connectivity index (χ2n) is 8.29. The number of aryl methyl sites for hydroxylation is 1. The number of fused-ring (bicyclic) bond motifs is 3. The van der Waals surface area contributed by atoms with E-state index in [0.29, 0.717) is 24.6 Å². The second kappa shape index (κ2) is 8.88. The van der Waals surface area contributed by atoms with E-state index in [2.05, 4.69) is 11.9 Å². The molecule has 1 aliphatic heterocycles. The quantitative estimate of drug-likeness (QED) is 0.529. The number of likely N-dealkylation sites (N-methyl/N-ethyl adjacent to an activating group) is 1. The van der Waals surface area contributed by atoms with E-state index in [0.717, 1.165) is 36.1 Å². The maximum atomic E-state index is 13.1. The van der Waals surface area contributed by atoms with Gasteiger partial charge >= 0.3 is 6.18 Å². The van der Waals surface area contributed by atoms with Crippen LogP contribution in [0.25, 0.3) is 0 Å². The van der Waals surface area contributed by atoms with E-state index in [-0.39, 0.29) is 11.7 Å². The van der Waals surface area contributed by atoms with Gasteiger partial charge in [0.05, 0.1) is 11.8 Å². The summed E-state index contributed by atoms with van der Waals surface area (Å²) in [4.78, 5) is 2.31. The van der Waals surface area contributed by atoms with Gasteiger partial charge in [-0.3, -0.25) is 4.55 Å². The molecular weight excluding hydrogens is 434 g/mol. The lowest BCUT2D eigenvalue weighted by Gasteiger charge is -2.32. The molecule has 0 amide bonds. The maximum absolute atomic E-state index is 13.1. The van der Waals surface area contributed by atoms with Gasteiger partial charge in [-0.1, -0.05) is 18.2 Å². The smallest absolute Gasteiger partial charge is 0.302 e. The van der Waals surface area contributed by atoms with Crippen LogP contribution in [0, 0.1) is 11.7 Å². The maximum Gasteiger partial charge on any atom is 0.416 e. The molecule has 170 valence electrons. The monoisotopic (exact) mass is 459 g/mol. The van der Waals surface area contributed by atoms with Crippen LogP contribution in [0.3, 0.4) is 0 Å². The molecule has 1 fully saturated rings. The number of hydrogen-bond donors (Lipinski definition) is 1. The summed E-state index contributed by atoms with van der Waals surface area (Å²) >= 11 is 0. The Morgan fingerprint density at radius 1 is 1.13 bits per heavy atom. The van der Waals surface area contributed by atoms with Gasteiger partial charge in [0, 0.05) is 18.5 Å². The molecular formula is C22H25F4NO3S. The number of alkyl halides is 3. The van der Waals surface area contributed by atoms with Crippen LogP contribution in [0.2, 0.25) is 0 Å². The highest BCUT2D eigenvalue weighted by Gasteiger charge is 2.43. The standard InChI is InChI=1S/C21H21F4N.CH4O3S/c1-26-12-19-17-9-5-15(21(23,24)25)11-14(17)4-8-18(19)20(26)10-13-2-6-16(22)7-3-13;1-5(2,3)4/h2-3,5-7,9,11,18-20H,4,8,10,12H2,1H3;1H3,(H,2,3,4)/t18?,19-,20-;/m1./s1. The Balaban J connectivity index is 0.000000491. The van der Waals surface area contributed by atoms with Crippen molar-refractivity contribution in [2.45, 2.75) is 37.4 Å². The van der Waals surface area contributed by atoms with Crippen LogP contribution in [0.5, 0.6) is 0 Å². The van der Waals surface area contributed by atoms with E-state index in [9.17, 15) is 26.0 Å². The predicted octanol–water partition coefficient (Wildman–Crippen LogP) is 4.55. The third-order valence-corrected chi connectivity index (χ3v) is 6.04. The van der Waals surface area contributed by atoms with Crippen molar-refractivity contribution < 1.29 is 30.5 Å². The molecule has 0 spiro atoms. The number of rotatable bonds is 2. The van der Waals surface area contributed by atoms with E-state index in [1.807, 2.05) is 12.1 Å². The Kier molecular flexibility index (Phi) is 6.78. The first kappa shape index (κ1) is 23.7. The molecule has 9 heteroatoms. The highest BCUT2D eigenvalue weighted by Crippen LogP contribution is 2.46. The number of benzene rings is 2. The molecule has 4 rings (SSSR count). The van der Waals surface area contributed by atoms with Gasteiger partial charge in [-0.15, -0.1) is 0 Å². The van der Waals surface area contributed by atoms with Crippen molar-refractivity contribution in [1.82, 2.24) is 4.90 Å². The van der Waals surface area contributed by atoms with Crippen LogP contribution in [0.15, 0.2) is 42.5 Å². The molecule has 2 aliphatic rings. The second-order valence-corrected chi connectivity index (χ2v) is 9.76. The fourth-order valence-electron chi connectivity index (χ4n) is 4.75. The highest BCUT2D eigenvalue weighted by molar-refractivity contribution is 7.85. The first-order valence-corrected chi connectivity index (χ1v) is 11.7. The van der Waals surface area contributed by atoms with Crippen LogP contribution in [0.1, 0.15) is 34.6 Å². The summed E-state index contributed by atoms with van der Waals surface area (Å²) in [7, 11) is -1.59. The van der Waals surface area contributed by atoms with Gasteiger partial charge in [-0.2, -0.15) is 21.6 Å². The molecule has 31 heavy (non-hydrogen) atoms. The Morgan fingerprint density at radius 2 is 1.74 bits per heavy atom. The number of halogens is 4. The van der Waals surface area contributed by atoms with Crippen LogP contribution in [-0.2, 0) is 29.1 Å². The fraction of sp³-hybridized carbons (Fsp3) is 0.455. The summed E-state index contributed by atoms with van der Waals surface area (Å²) in [6.45, 7) is 0.856. The lowest BCUT2D eigenvalue weighted by atomic mass is 9.73. The van der Waals surface area contributed by atoms with E-state index >= 15 is 0 Å². The first-order valence-electron chi connectivity index (χ1n) is 9.90. The molecule has 1 heterocycles. The molecule has 0 bridgehead atoms. The minimum atomic E-state index is -4.29. The molecule has 3 atom stereocenters. The summed E-state index contributed by atoms with van der Waals surface area (Å²) in [5, 5.41) is 0. The molecule has 1 saturated heterocycles. The topological polar surface area (TPSA) is 57.6 Å². The number of nitrogens with zero attached hydrogens (tertiary/aromatic N) is 1. The molecule has 0 aromatic heterocycles. The van der Waals surface area contributed by atoms with Crippen molar-refractivity contribution in [2.24, 2.45) is 5.92 Å². The third kappa shape index (κ3) is 6.05. The van der Waals surface area contributed by atoms with Gasteiger partial charge < -0.3 is 4.90 Å². The summed E-state index contributed by atoms with van der Waals surface area (Å²) in [5.74, 6) is 0.462. The van der Waals surface area contributed by atoms with E-state index in [1.54, 1.807) is 6.07 Å². The minimum Gasteiger partial charge on any atom is -0.302 e. The highest BCUT2D eigenvalue weighted by atomic mass is 32.2. The molecule has 1 aliphatic carbocycles. The van der Waals surface area contributed by atoms with E-state index in [1.165, 1.54) is 24.3 Å². The minimum absolute atomic E-state index is 0.238. The zero-order valence-electron chi connectivity index (χ0n) is 17.2. The van der Waals surface area contributed by atoms with Crippen molar-refractivity contribution in [3.8, 4) is 0 Å². The molecule has 1 N–H and O–H groups in total. The van der Waals surface area contributed by atoms with Gasteiger partial charge in [0.2, 0.25) is 0 Å². The molecule has 1 unspecified atom stereocenters. The summed E-state index contributed by atoms with van der Waals surface area (Å²) in [6, 6.07) is 11.2. The largest absolute Gasteiger partial charge is 0.416 e. The van der Waals surface area contributed by atoms with Gasteiger partial charge in [0.1, 0.15) is 5.82 Å². The molecule has 0 radical (unpaired) electrons. The Labute approximate surface area is 179 Å². The molecule has 2 aromatic rings. The SMILES string of the molecule is CN1C[C@@H]2c3ccc(C(F)(F)F)cc3CCC2[C@H]1Cc1ccc(F)cc1.CS(=O)(=O)O. The zero-order valence-corrected chi connectivity index (χ0v) is 18.0. The lowest BCUT2D eigenvalue weighted by molar-refractivity contribution is -0.137. The van der Waals surface area contributed by atoms with Gasteiger partial charge in [0.25, 0.3) is 10.1 Å². The number of hydrogen-bond acceptors (Lipinski definition) is 3. The van der Waals surface area contributed by atoms with E-state index < -0.39 is 21.9 Å². The Bertz CT molecular complexity index is 1010. The van der Waals surface area contributed by atoms with Crippen molar-refractivity contribution in [1.29, 1.82) is 0 Å². The third-order valence-electron chi connectivity index (χ3n) is 6.04. The van der Waals surface area contributed by atoms with Crippen molar-refractivity contribution in [3.05, 3.63) is 70.5 Å². The summed E-state index contributed by atoms with van der Waals surface area (Å²) in [5.41, 5.74) is 2.46. The summed E-state index contributed by atoms with van der Waals surface area (Å²) < 4.78 is 78.0. The molecule has 4 nitrogen and oxygen atoms in total. The average molecular weight is 460 g/mol. The Hall–Kier alpha value is -1.97. The van der Waals surface area contributed by atoms with Gasteiger partial charge in [0.15, 0.2) is 0 Å². The van der Waals surface area contributed by atoms with Gasteiger partial charge in [-0.05, 0) is 73.2 Å². The van der Waals surface area contributed by atoms with Crippen LogP contribution in [0.4, 0.5) is 17.6 Å². The first-order chi connectivity index (χ1) is 14.3. The van der Waals surface area contributed by atoms with Crippen molar-refractivity contribution in [2.75, 3.05) is 19.8 Å². The Morgan fingerprint density at radius 3 is 2.32 bits per heavy atom. The molecule has 0 saturated carbocycles. The zero-order chi connectivity index (χ0) is 23.0. The van der Waals surface area contributed by atoms with Crippen molar-refractivity contribution >= 4 is 10.1 Å². The van der Waals surface area contributed by atoms with Crippen LogP contribution < -0.4 is 0 Å². The summed E-state index contributed by atoms with van der Waals surface area (Å²) in [6.07, 6.45) is -1.15. The number of likely N-dealkylation sites (tertiary alicyclic amines) is 1. The average Bonchev–Trinajstić information content (AvgIpc) is 2.97.